The topological polar surface area (TPSA) is 80.6 Å². The zero-order valence-electron chi connectivity index (χ0n) is 16.7. The van der Waals surface area contributed by atoms with Gasteiger partial charge in [0.15, 0.2) is 0 Å². The molecule has 0 aromatic heterocycles. The second-order valence-electron chi connectivity index (χ2n) is 6.78. The number of benzene rings is 2. The summed E-state index contributed by atoms with van der Waals surface area (Å²) >= 11 is 0. The molecule has 3 rings (SSSR count). The first-order valence-electron chi connectivity index (χ1n) is 9.47. The van der Waals surface area contributed by atoms with Gasteiger partial charge in [-0.1, -0.05) is 17.7 Å². The molecule has 0 atom stereocenters. The van der Waals surface area contributed by atoms with E-state index >= 15 is 0 Å². The molecule has 2 N–H and O–H groups in total. The SMILES string of the molecule is COc1ccc(N2CCN(/C(=C\C#N)NC(=O)Nc3ccc(C)cc3)CC2)cc1. The summed E-state index contributed by atoms with van der Waals surface area (Å²) < 4.78 is 5.21. The highest BCUT2D eigenvalue weighted by molar-refractivity contribution is 5.90. The number of aryl methyl sites for hydroxylation is 1. The molecule has 29 heavy (non-hydrogen) atoms. The molecular weight excluding hydrogens is 366 g/mol. The maximum atomic E-state index is 12.4. The van der Waals surface area contributed by atoms with Crippen LogP contribution < -0.4 is 20.3 Å². The third-order valence-electron chi connectivity index (χ3n) is 4.81. The minimum absolute atomic E-state index is 0.368. The number of ether oxygens (including phenoxy) is 1. The quantitative estimate of drug-likeness (QED) is 0.765. The number of nitriles is 1. The van der Waals surface area contributed by atoms with E-state index in [-0.39, 0.29) is 6.03 Å². The Morgan fingerprint density at radius 3 is 2.31 bits per heavy atom. The first-order valence-corrected chi connectivity index (χ1v) is 9.47. The van der Waals surface area contributed by atoms with Crippen LogP contribution in [0.4, 0.5) is 16.2 Å². The largest absolute Gasteiger partial charge is 0.497 e. The summed E-state index contributed by atoms with van der Waals surface area (Å²) in [5, 5.41) is 14.7. The van der Waals surface area contributed by atoms with Gasteiger partial charge in [-0.15, -0.1) is 0 Å². The fourth-order valence-electron chi connectivity index (χ4n) is 3.18. The Labute approximate surface area is 171 Å². The molecule has 1 aliphatic heterocycles. The smallest absolute Gasteiger partial charge is 0.324 e. The first-order chi connectivity index (χ1) is 14.1. The van der Waals surface area contributed by atoms with Crippen LogP contribution in [0.5, 0.6) is 5.75 Å². The molecule has 150 valence electrons. The number of amides is 2. The van der Waals surface area contributed by atoms with Gasteiger partial charge in [-0.05, 0) is 43.3 Å². The van der Waals surface area contributed by atoms with E-state index < -0.39 is 0 Å². The number of piperazine rings is 1. The molecule has 1 saturated heterocycles. The van der Waals surface area contributed by atoms with Crippen LogP contribution in [0.25, 0.3) is 0 Å². The van der Waals surface area contributed by atoms with E-state index in [1.54, 1.807) is 7.11 Å². The third-order valence-corrected chi connectivity index (χ3v) is 4.81. The fraction of sp³-hybridized carbons (Fsp3) is 0.273. The van der Waals surface area contributed by atoms with Crippen molar-refractivity contribution in [2.24, 2.45) is 0 Å². The normalized spacial score (nSPS) is 14.2. The zero-order chi connectivity index (χ0) is 20.6. The number of rotatable bonds is 5. The van der Waals surface area contributed by atoms with Crippen molar-refractivity contribution in [2.75, 3.05) is 43.5 Å². The van der Waals surface area contributed by atoms with Crippen LogP contribution in [-0.2, 0) is 0 Å². The summed E-state index contributed by atoms with van der Waals surface area (Å²) in [5.41, 5.74) is 2.95. The number of hydrogen-bond acceptors (Lipinski definition) is 5. The minimum Gasteiger partial charge on any atom is -0.497 e. The number of allylic oxidation sites excluding steroid dienone is 1. The van der Waals surface area contributed by atoms with Crippen LogP contribution in [0.1, 0.15) is 5.56 Å². The zero-order valence-corrected chi connectivity index (χ0v) is 16.7. The molecule has 0 bridgehead atoms. The van der Waals surface area contributed by atoms with E-state index in [2.05, 4.69) is 15.5 Å². The summed E-state index contributed by atoms with van der Waals surface area (Å²) in [6.45, 7) is 4.96. The Bertz CT molecular complexity index is 892. The van der Waals surface area contributed by atoms with Gasteiger partial charge in [-0.3, -0.25) is 5.32 Å². The Balaban J connectivity index is 1.57. The summed E-state index contributed by atoms with van der Waals surface area (Å²) in [6, 6.07) is 17.2. The van der Waals surface area contributed by atoms with E-state index in [1.807, 2.05) is 66.4 Å². The maximum absolute atomic E-state index is 12.4. The van der Waals surface area contributed by atoms with E-state index in [0.29, 0.717) is 24.6 Å². The fourth-order valence-corrected chi connectivity index (χ4v) is 3.18. The molecule has 0 aliphatic carbocycles. The summed E-state index contributed by atoms with van der Waals surface area (Å²) in [6.07, 6.45) is 1.37. The average Bonchev–Trinajstić information content (AvgIpc) is 2.75. The highest BCUT2D eigenvalue weighted by Gasteiger charge is 2.20. The van der Waals surface area contributed by atoms with Gasteiger partial charge in [-0.2, -0.15) is 5.26 Å². The van der Waals surface area contributed by atoms with Crippen molar-refractivity contribution in [1.29, 1.82) is 5.26 Å². The third kappa shape index (κ3) is 5.42. The van der Waals surface area contributed by atoms with Crippen LogP contribution in [0, 0.1) is 18.3 Å². The molecule has 2 amide bonds. The van der Waals surface area contributed by atoms with Crippen molar-refractivity contribution in [2.45, 2.75) is 6.92 Å². The van der Waals surface area contributed by atoms with Crippen LogP contribution in [-0.4, -0.2) is 44.2 Å². The van der Waals surface area contributed by atoms with E-state index in [1.165, 1.54) is 6.08 Å². The number of carbonyl (C=O) groups excluding carboxylic acids is 1. The molecule has 2 aromatic carbocycles. The predicted molar refractivity (Wildman–Crippen MR) is 114 cm³/mol. The van der Waals surface area contributed by atoms with Gasteiger partial charge in [0.05, 0.1) is 19.3 Å². The molecule has 0 saturated carbocycles. The molecule has 0 radical (unpaired) electrons. The number of nitrogens with one attached hydrogen (secondary N) is 2. The lowest BCUT2D eigenvalue weighted by atomic mass is 10.2. The van der Waals surface area contributed by atoms with Crippen LogP contribution in [0.15, 0.2) is 60.4 Å². The Kier molecular flexibility index (Phi) is 6.59. The molecule has 0 unspecified atom stereocenters. The number of urea groups is 1. The van der Waals surface area contributed by atoms with Crippen molar-refractivity contribution in [3.05, 3.63) is 66.0 Å². The number of hydrogen-bond donors (Lipinski definition) is 2. The monoisotopic (exact) mass is 391 g/mol. The second kappa shape index (κ2) is 9.51. The second-order valence-corrected chi connectivity index (χ2v) is 6.78. The van der Waals surface area contributed by atoms with Crippen molar-refractivity contribution >= 4 is 17.4 Å². The van der Waals surface area contributed by atoms with Crippen molar-refractivity contribution in [3.63, 3.8) is 0 Å². The first kappa shape index (κ1) is 20.1. The molecule has 7 heteroatoms. The summed E-state index contributed by atoms with van der Waals surface area (Å²) in [5.74, 6) is 1.34. The number of carbonyl (C=O) groups is 1. The van der Waals surface area contributed by atoms with Gasteiger partial charge < -0.3 is 19.9 Å². The maximum Gasteiger partial charge on any atom is 0.324 e. The number of anilines is 2. The molecule has 7 nitrogen and oxygen atoms in total. The van der Waals surface area contributed by atoms with Crippen molar-refractivity contribution < 1.29 is 9.53 Å². The highest BCUT2D eigenvalue weighted by Crippen LogP contribution is 2.21. The Morgan fingerprint density at radius 1 is 1.07 bits per heavy atom. The van der Waals surface area contributed by atoms with Gasteiger partial charge in [0.1, 0.15) is 11.6 Å². The van der Waals surface area contributed by atoms with Crippen molar-refractivity contribution in [3.8, 4) is 11.8 Å². The van der Waals surface area contributed by atoms with Crippen LogP contribution >= 0.6 is 0 Å². The lowest BCUT2D eigenvalue weighted by molar-refractivity contribution is 0.245. The molecular formula is C22H25N5O2. The van der Waals surface area contributed by atoms with Gasteiger partial charge in [0.25, 0.3) is 0 Å². The van der Waals surface area contributed by atoms with E-state index in [4.69, 9.17) is 10.00 Å². The van der Waals surface area contributed by atoms with E-state index in [0.717, 1.165) is 30.1 Å². The lowest BCUT2D eigenvalue weighted by Crippen LogP contribution is -2.49. The number of methoxy groups -OCH3 is 1. The molecule has 2 aromatic rings. The van der Waals surface area contributed by atoms with Crippen LogP contribution in [0.3, 0.4) is 0 Å². The molecule has 1 aliphatic rings. The molecule has 0 spiro atoms. The van der Waals surface area contributed by atoms with Gasteiger partial charge >= 0.3 is 6.03 Å². The Hall–Kier alpha value is -3.66. The summed E-state index contributed by atoms with van der Waals surface area (Å²) in [7, 11) is 1.65. The lowest BCUT2D eigenvalue weighted by Gasteiger charge is -2.38. The molecule has 1 heterocycles. The molecule has 1 fully saturated rings. The number of nitrogens with zero attached hydrogens (tertiary/aromatic N) is 3. The highest BCUT2D eigenvalue weighted by atomic mass is 16.5. The predicted octanol–water partition coefficient (Wildman–Crippen LogP) is 3.31. The van der Waals surface area contributed by atoms with Crippen LogP contribution in [0.2, 0.25) is 0 Å². The summed E-state index contributed by atoms with van der Waals surface area (Å²) in [4.78, 5) is 16.6. The van der Waals surface area contributed by atoms with Crippen molar-refractivity contribution in [1.82, 2.24) is 10.2 Å². The minimum atomic E-state index is -0.368. The van der Waals surface area contributed by atoms with Gasteiger partial charge in [-0.25, -0.2) is 4.79 Å². The van der Waals surface area contributed by atoms with Gasteiger partial charge in [0.2, 0.25) is 0 Å². The van der Waals surface area contributed by atoms with Gasteiger partial charge in [0, 0.05) is 37.6 Å². The standard InChI is InChI=1S/C22H25N5O2/c1-17-3-5-18(6-4-17)24-22(28)25-21(11-12-23)27-15-13-26(14-16-27)19-7-9-20(29-2)10-8-19/h3-11H,13-16H2,1-2H3,(H2,24,25,28)/b21-11-. The average molecular weight is 391 g/mol. The Morgan fingerprint density at radius 2 is 1.72 bits per heavy atom. The van der Waals surface area contributed by atoms with E-state index in [9.17, 15) is 4.79 Å².